The average molecular weight is 179 g/mol. The summed E-state index contributed by atoms with van der Waals surface area (Å²) in [6, 6.07) is 4.84. The first kappa shape index (κ1) is 9.29. The molecular weight excluding hydrogens is 170 g/mol. The second-order valence-electron chi connectivity index (χ2n) is 2.46. The second kappa shape index (κ2) is 4.28. The van der Waals surface area contributed by atoms with Crippen molar-refractivity contribution in [3.05, 3.63) is 24.0 Å². The number of aromatic nitrogens is 1. The number of nitriles is 1. The summed E-state index contributed by atoms with van der Waals surface area (Å²) < 4.78 is 0. The van der Waals surface area contributed by atoms with Crippen LogP contribution >= 0.6 is 0 Å². The largest absolute Gasteiger partial charge is 0.480 e. The highest BCUT2D eigenvalue weighted by Crippen LogP contribution is 2.07. The number of aliphatic carboxylic acids is 1. The first-order valence-corrected chi connectivity index (χ1v) is 3.72. The molecule has 0 spiro atoms. The van der Waals surface area contributed by atoms with Crippen LogP contribution in [-0.4, -0.2) is 22.6 Å². The van der Waals surface area contributed by atoms with Crippen LogP contribution in [0.15, 0.2) is 18.3 Å². The van der Waals surface area contributed by atoms with E-state index in [1.54, 1.807) is 18.3 Å². The molecule has 13 heavy (non-hydrogen) atoms. The van der Waals surface area contributed by atoms with Crippen LogP contribution in [0.5, 0.6) is 0 Å². The Morgan fingerprint density at radius 1 is 1.85 bits per heavy atom. The van der Waals surface area contributed by atoms with E-state index in [9.17, 15) is 4.79 Å². The number of nitrogens with one attached hydrogen (secondary N) is 2. The first-order valence-electron chi connectivity index (χ1n) is 3.72. The molecular formula is C8H9N3O2. The van der Waals surface area contributed by atoms with E-state index in [1.807, 2.05) is 6.07 Å². The molecule has 0 amide bonds. The molecule has 1 unspecified atom stereocenters. The van der Waals surface area contributed by atoms with Gasteiger partial charge >= 0.3 is 5.97 Å². The molecule has 1 rings (SSSR count). The van der Waals surface area contributed by atoms with Crippen LogP contribution in [-0.2, 0) is 4.79 Å². The van der Waals surface area contributed by atoms with Gasteiger partial charge in [-0.2, -0.15) is 5.26 Å². The number of hydrogen-bond acceptors (Lipinski definition) is 3. The summed E-state index contributed by atoms with van der Waals surface area (Å²) >= 11 is 0. The van der Waals surface area contributed by atoms with E-state index < -0.39 is 12.0 Å². The molecule has 0 saturated heterocycles. The maximum absolute atomic E-state index is 10.2. The molecule has 0 aliphatic rings. The lowest BCUT2D eigenvalue weighted by atomic mass is 10.2. The van der Waals surface area contributed by atoms with Gasteiger partial charge in [-0.3, -0.25) is 10.1 Å². The van der Waals surface area contributed by atoms with Crippen molar-refractivity contribution in [2.45, 2.75) is 6.04 Å². The normalized spacial score (nSPS) is 11.9. The van der Waals surface area contributed by atoms with Gasteiger partial charge in [-0.05, 0) is 12.1 Å². The standard InChI is InChI=1S/C8H9N3O2/c9-4-7(11-5-8(12)13)6-2-1-3-10-6/h1-3,7,10-11H,5H2,(H,12,13). The van der Waals surface area contributed by atoms with Crippen molar-refractivity contribution >= 4 is 5.97 Å². The number of nitrogens with zero attached hydrogens (tertiary/aromatic N) is 1. The molecule has 0 fully saturated rings. The number of carboxylic acids is 1. The van der Waals surface area contributed by atoms with Crippen molar-refractivity contribution in [3.63, 3.8) is 0 Å². The molecule has 1 atom stereocenters. The predicted octanol–water partition coefficient (Wildman–Crippen LogP) is 0.254. The van der Waals surface area contributed by atoms with Gasteiger partial charge in [-0.1, -0.05) is 0 Å². The lowest BCUT2D eigenvalue weighted by Crippen LogP contribution is -2.26. The van der Waals surface area contributed by atoms with Gasteiger partial charge in [0, 0.05) is 11.9 Å². The lowest BCUT2D eigenvalue weighted by molar-refractivity contribution is -0.136. The average Bonchev–Trinajstić information content (AvgIpc) is 2.58. The van der Waals surface area contributed by atoms with Crippen LogP contribution in [0.2, 0.25) is 0 Å². The predicted molar refractivity (Wildman–Crippen MR) is 44.8 cm³/mol. The van der Waals surface area contributed by atoms with Crippen molar-refractivity contribution in [1.29, 1.82) is 5.26 Å². The molecule has 1 aromatic rings. The van der Waals surface area contributed by atoms with Gasteiger partial charge in [-0.25, -0.2) is 0 Å². The lowest BCUT2D eigenvalue weighted by Gasteiger charge is -2.06. The number of aromatic amines is 1. The summed E-state index contributed by atoms with van der Waals surface area (Å²) in [6.07, 6.45) is 1.68. The molecule has 5 heteroatoms. The summed E-state index contributed by atoms with van der Waals surface area (Å²) in [5, 5.41) is 19.6. The third-order valence-corrected chi connectivity index (χ3v) is 1.52. The zero-order valence-corrected chi connectivity index (χ0v) is 6.82. The van der Waals surface area contributed by atoms with E-state index in [0.29, 0.717) is 5.69 Å². The van der Waals surface area contributed by atoms with Crippen molar-refractivity contribution < 1.29 is 9.90 Å². The number of rotatable bonds is 4. The van der Waals surface area contributed by atoms with Crippen LogP contribution in [0.1, 0.15) is 11.7 Å². The topological polar surface area (TPSA) is 88.9 Å². The van der Waals surface area contributed by atoms with Crippen molar-refractivity contribution in [2.24, 2.45) is 0 Å². The van der Waals surface area contributed by atoms with E-state index in [2.05, 4.69) is 10.3 Å². The second-order valence-corrected chi connectivity index (χ2v) is 2.46. The fourth-order valence-electron chi connectivity index (χ4n) is 0.938. The maximum Gasteiger partial charge on any atom is 0.317 e. The Labute approximate surface area is 75.0 Å². The van der Waals surface area contributed by atoms with Gasteiger partial charge in [0.05, 0.1) is 12.6 Å². The van der Waals surface area contributed by atoms with E-state index in [0.717, 1.165) is 0 Å². The van der Waals surface area contributed by atoms with Gasteiger partial charge in [0.2, 0.25) is 0 Å². The fraction of sp³-hybridized carbons (Fsp3) is 0.250. The third-order valence-electron chi connectivity index (χ3n) is 1.52. The number of H-pyrrole nitrogens is 1. The maximum atomic E-state index is 10.2. The van der Waals surface area contributed by atoms with Crippen LogP contribution < -0.4 is 5.32 Å². The monoisotopic (exact) mass is 179 g/mol. The van der Waals surface area contributed by atoms with E-state index >= 15 is 0 Å². The molecule has 5 nitrogen and oxygen atoms in total. The highest BCUT2D eigenvalue weighted by molar-refractivity contribution is 5.69. The molecule has 0 bridgehead atoms. The van der Waals surface area contributed by atoms with Crippen LogP contribution in [0.4, 0.5) is 0 Å². The number of carbonyl (C=O) groups is 1. The van der Waals surface area contributed by atoms with Gasteiger partial charge in [0.25, 0.3) is 0 Å². The summed E-state index contributed by atoms with van der Waals surface area (Å²) in [4.78, 5) is 13.0. The summed E-state index contributed by atoms with van der Waals surface area (Å²) in [5.41, 5.74) is 0.670. The summed E-state index contributed by atoms with van der Waals surface area (Å²) in [6.45, 7) is -0.225. The fourth-order valence-corrected chi connectivity index (χ4v) is 0.938. The molecule has 0 aliphatic heterocycles. The number of carboxylic acid groups (broad SMARTS) is 1. The Bertz CT molecular complexity index is 313. The molecule has 0 aromatic carbocycles. The van der Waals surface area contributed by atoms with Crippen molar-refractivity contribution in [1.82, 2.24) is 10.3 Å². The highest BCUT2D eigenvalue weighted by Gasteiger charge is 2.11. The van der Waals surface area contributed by atoms with Gasteiger partial charge in [-0.15, -0.1) is 0 Å². The van der Waals surface area contributed by atoms with Crippen molar-refractivity contribution in [3.8, 4) is 6.07 Å². The van der Waals surface area contributed by atoms with E-state index in [4.69, 9.17) is 10.4 Å². The molecule has 0 radical (unpaired) electrons. The molecule has 1 aromatic heterocycles. The Morgan fingerprint density at radius 2 is 2.62 bits per heavy atom. The zero-order chi connectivity index (χ0) is 9.68. The minimum absolute atomic E-state index is 0.225. The Morgan fingerprint density at radius 3 is 3.08 bits per heavy atom. The van der Waals surface area contributed by atoms with Crippen molar-refractivity contribution in [2.75, 3.05) is 6.54 Å². The van der Waals surface area contributed by atoms with E-state index in [-0.39, 0.29) is 6.54 Å². The van der Waals surface area contributed by atoms with Crippen LogP contribution in [0, 0.1) is 11.3 Å². The Kier molecular flexibility index (Phi) is 3.06. The van der Waals surface area contributed by atoms with E-state index in [1.165, 1.54) is 0 Å². The quantitative estimate of drug-likeness (QED) is 0.618. The van der Waals surface area contributed by atoms with Gasteiger partial charge in [0.15, 0.2) is 0 Å². The van der Waals surface area contributed by atoms with Crippen LogP contribution in [0.25, 0.3) is 0 Å². The minimum atomic E-state index is -0.980. The molecule has 68 valence electrons. The molecule has 0 saturated carbocycles. The Hall–Kier alpha value is -1.80. The van der Waals surface area contributed by atoms with Gasteiger partial charge < -0.3 is 10.1 Å². The molecule has 1 heterocycles. The Balaban J connectivity index is 2.55. The van der Waals surface area contributed by atoms with Gasteiger partial charge in [0.1, 0.15) is 6.04 Å². The first-order chi connectivity index (χ1) is 6.24. The summed E-state index contributed by atoms with van der Waals surface area (Å²) in [7, 11) is 0. The third kappa shape index (κ3) is 2.61. The number of hydrogen-bond donors (Lipinski definition) is 3. The summed E-state index contributed by atoms with van der Waals surface area (Å²) in [5.74, 6) is -0.980. The molecule has 0 aliphatic carbocycles. The zero-order valence-electron chi connectivity index (χ0n) is 6.82. The smallest absolute Gasteiger partial charge is 0.317 e. The minimum Gasteiger partial charge on any atom is -0.480 e. The molecule has 3 N–H and O–H groups in total. The van der Waals surface area contributed by atoms with Crippen LogP contribution in [0.3, 0.4) is 0 Å². The highest BCUT2D eigenvalue weighted by atomic mass is 16.4. The SMILES string of the molecule is N#CC(NCC(=O)O)c1ccc[nH]1.